The molecule has 2 nitrogen and oxygen atoms in total. The van der Waals surface area contributed by atoms with Gasteiger partial charge in [0.1, 0.15) is 5.82 Å². The molecule has 0 unspecified atom stereocenters. The normalized spacial score (nSPS) is 12.0. The van der Waals surface area contributed by atoms with Crippen LogP contribution in [0.25, 0.3) is 0 Å². The maximum Gasteiger partial charge on any atom is 0.126 e. The smallest absolute Gasteiger partial charge is 0.126 e. The Hall–Kier alpha value is -0.640. The van der Waals surface area contributed by atoms with E-state index in [1.54, 1.807) is 19.1 Å². The van der Waals surface area contributed by atoms with E-state index in [9.17, 15) is 4.39 Å². The van der Waals surface area contributed by atoms with Gasteiger partial charge in [-0.05, 0) is 24.1 Å². The summed E-state index contributed by atoms with van der Waals surface area (Å²) in [4.78, 5) is 0. The van der Waals surface area contributed by atoms with Crippen LogP contribution in [0.15, 0.2) is 18.2 Å². The van der Waals surface area contributed by atoms with Crippen molar-refractivity contribution in [2.24, 2.45) is 5.73 Å². The fraction of sp³-hybridized carbons (Fsp3) is 0.333. The number of halogens is 2. The molecule has 0 radical (unpaired) electrons. The maximum atomic E-state index is 12.8. The van der Waals surface area contributed by atoms with E-state index in [0.717, 1.165) is 5.56 Å². The molecule has 13 heavy (non-hydrogen) atoms. The van der Waals surface area contributed by atoms with Crippen LogP contribution >= 0.6 is 12.4 Å². The molecule has 0 bridgehead atoms. The summed E-state index contributed by atoms with van der Waals surface area (Å²) < 4.78 is 12.8. The second kappa shape index (κ2) is 5.17. The minimum absolute atomic E-state index is 0. The van der Waals surface area contributed by atoms with E-state index in [2.05, 4.69) is 0 Å². The summed E-state index contributed by atoms with van der Waals surface area (Å²) >= 11 is 0. The summed E-state index contributed by atoms with van der Waals surface area (Å²) in [5, 5.41) is 8.73. The molecule has 0 saturated heterocycles. The van der Waals surface area contributed by atoms with Crippen LogP contribution in [-0.4, -0.2) is 11.7 Å². The minimum Gasteiger partial charge on any atom is -0.394 e. The molecule has 0 saturated carbocycles. The van der Waals surface area contributed by atoms with Crippen LogP contribution in [-0.2, 0) is 0 Å². The summed E-state index contributed by atoms with van der Waals surface area (Å²) in [6, 6.07) is 4.18. The largest absolute Gasteiger partial charge is 0.394 e. The van der Waals surface area contributed by atoms with Crippen molar-refractivity contribution in [2.45, 2.75) is 13.0 Å². The lowest BCUT2D eigenvalue weighted by molar-refractivity contribution is 0.268. The zero-order chi connectivity index (χ0) is 9.14. The number of aliphatic hydroxyl groups excluding tert-OH is 1. The molecule has 0 fully saturated rings. The van der Waals surface area contributed by atoms with Crippen molar-refractivity contribution < 1.29 is 9.50 Å². The number of aliphatic hydroxyl groups is 1. The van der Waals surface area contributed by atoms with Crippen molar-refractivity contribution >= 4 is 12.4 Å². The Balaban J connectivity index is 0.00000144. The highest BCUT2D eigenvalue weighted by atomic mass is 35.5. The maximum absolute atomic E-state index is 12.8. The predicted octanol–water partition coefficient (Wildman–Crippen LogP) is 1.55. The number of hydrogen-bond acceptors (Lipinski definition) is 2. The third-order valence-corrected chi connectivity index (χ3v) is 1.81. The van der Waals surface area contributed by atoms with Gasteiger partial charge in [0, 0.05) is 0 Å². The number of aryl methyl sites for hydroxylation is 1. The Morgan fingerprint density at radius 2 is 2.15 bits per heavy atom. The van der Waals surface area contributed by atoms with Crippen LogP contribution in [0.1, 0.15) is 17.2 Å². The van der Waals surface area contributed by atoms with Crippen molar-refractivity contribution in [3.8, 4) is 0 Å². The van der Waals surface area contributed by atoms with E-state index in [0.29, 0.717) is 5.56 Å². The monoisotopic (exact) mass is 205 g/mol. The molecule has 0 amide bonds. The first-order chi connectivity index (χ1) is 5.65. The second-order valence-electron chi connectivity index (χ2n) is 2.80. The summed E-state index contributed by atoms with van der Waals surface area (Å²) in [5.41, 5.74) is 6.85. The van der Waals surface area contributed by atoms with Crippen molar-refractivity contribution in [1.29, 1.82) is 0 Å². The lowest BCUT2D eigenvalue weighted by Gasteiger charge is -2.08. The quantitative estimate of drug-likeness (QED) is 0.770. The molecule has 0 heterocycles. The Labute approximate surface area is 83.0 Å². The average molecular weight is 206 g/mol. The molecule has 1 rings (SSSR count). The lowest BCUT2D eigenvalue weighted by Crippen LogP contribution is -2.14. The molecule has 4 heteroatoms. The zero-order valence-electron chi connectivity index (χ0n) is 7.33. The van der Waals surface area contributed by atoms with Crippen molar-refractivity contribution in [2.75, 3.05) is 6.61 Å². The SMILES string of the molecule is Cc1cc([C@@H](N)CO)ccc1F.Cl. The number of rotatable bonds is 2. The van der Waals surface area contributed by atoms with Crippen LogP contribution in [0, 0.1) is 12.7 Å². The third kappa shape index (κ3) is 2.95. The van der Waals surface area contributed by atoms with E-state index in [1.807, 2.05) is 0 Å². The topological polar surface area (TPSA) is 46.2 Å². The molecular formula is C9H13ClFNO. The third-order valence-electron chi connectivity index (χ3n) is 1.81. The lowest BCUT2D eigenvalue weighted by atomic mass is 10.1. The molecule has 1 atom stereocenters. The van der Waals surface area contributed by atoms with Gasteiger partial charge in [-0.25, -0.2) is 4.39 Å². The van der Waals surface area contributed by atoms with Crippen LogP contribution < -0.4 is 5.73 Å². The van der Waals surface area contributed by atoms with Crippen LogP contribution in [0.3, 0.4) is 0 Å². The van der Waals surface area contributed by atoms with Gasteiger partial charge in [0.05, 0.1) is 12.6 Å². The highest BCUT2D eigenvalue weighted by Gasteiger charge is 2.05. The fourth-order valence-corrected chi connectivity index (χ4v) is 1.00. The van der Waals surface area contributed by atoms with Gasteiger partial charge >= 0.3 is 0 Å². The number of nitrogens with two attached hydrogens (primary N) is 1. The van der Waals surface area contributed by atoms with Crippen LogP contribution in [0.2, 0.25) is 0 Å². The molecule has 1 aromatic carbocycles. The molecule has 0 aliphatic carbocycles. The number of hydrogen-bond donors (Lipinski definition) is 2. The van der Waals surface area contributed by atoms with E-state index in [1.165, 1.54) is 6.07 Å². The number of benzene rings is 1. The van der Waals surface area contributed by atoms with Gasteiger partial charge in [0.2, 0.25) is 0 Å². The molecular weight excluding hydrogens is 193 g/mol. The van der Waals surface area contributed by atoms with Gasteiger partial charge in [0.15, 0.2) is 0 Å². The van der Waals surface area contributed by atoms with Crippen molar-refractivity contribution in [3.63, 3.8) is 0 Å². The van der Waals surface area contributed by atoms with E-state index >= 15 is 0 Å². The fourth-order valence-electron chi connectivity index (χ4n) is 1.00. The van der Waals surface area contributed by atoms with E-state index in [4.69, 9.17) is 10.8 Å². The van der Waals surface area contributed by atoms with Gasteiger partial charge in [0.25, 0.3) is 0 Å². The van der Waals surface area contributed by atoms with Crippen LogP contribution in [0.4, 0.5) is 4.39 Å². The molecule has 3 N–H and O–H groups in total. The summed E-state index contributed by atoms with van der Waals surface area (Å²) in [7, 11) is 0. The minimum atomic E-state index is -0.413. The first-order valence-electron chi connectivity index (χ1n) is 3.77. The van der Waals surface area contributed by atoms with Crippen molar-refractivity contribution in [1.82, 2.24) is 0 Å². The van der Waals surface area contributed by atoms with Crippen LogP contribution in [0.5, 0.6) is 0 Å². The molecule has 1 aromatic rings. The highest BCUT2D eigenvalue weighted by Crippen LogP contribution is 2.14. The highest BCUT2D eigenvalue weighted by molar-refractivity contribution is 5.85. The first-order valence-corrected chi connectivity index (χ1v) is 3.77. The van der Waals surface area contributed by atoms with Gasteiger partial charge in [-0.1, -0.05) is 12.1 Å². The summed E-state index contributed by atoms with van der Waals surface area (Å²) in [6.07, 6.45) is 0. The summed E-state index contributed by atoms with van der Waals surface area (Å²) in [6.45, 7) is 1.55. The van der Waals surface area contributed by atoms with E-state index in [-0.39, 0.29) is 24.8 Å². The van der Waals surface area contributed by atoms with Gasteiger partial charge in [-0.2, -0.15) is 0 Å². The Bertz CT molecular complexity index is 280. The molecule has 0 spiro atoms. The van der Waals surface area contributed by atoms with Gasteiger partial charge in [-0.15, -0.1) is 12.4 Å². The second-order valence-corrected chi connectivity index (χ2v) is 2.80. The molecule has 0 aliphatic rings. The molecule has 0 aliphatic heterocycles. The first kappa shape index (κ1) is 12.4. The molecule has 74 valence electrons. The molecule has 0 aromatic heterocycles. The zero-order valence-corrected chi connectivity index (χ0v) is 8.14. The average Bonchev–Trinajstić information content (AvgIpc) is 2.08. The van der Waals surface area contributed by atoms with E-state index < -0.39 is 6.04 Å². The van der Waals surface area contributed by atoms with Gasteiger partial charge in [-0.3, -0.25) is 0 Å². The standard InChI is InChI=1S/C9H12FNO.ClH/c1-6-4-7(9(11)5-12)2-3-8(6)10;/h2-4,9,12H,5,11H2,1H3;1H/t9-;/m0./s1. The van der Waals surface area contributed by atoms with Crippen molar-refractivity contribution in [3.05, 3.63) is 35.1 Å². The predicted molar refractivity (Wildman–Crippen MR) is 52.4 cm³/mol. The Morgan fingerprint density at radius 3 is 2.62 bits per heavy atom. The Morgan fingerprint density at radius 1 is 1.54 bits per heavy atom. The van der Waals surface area contributed by atoms with Gasteiger partial charge < -0.3 is 10.8 Å². The summed E-state index contributed by atoms with van der Waals surface area (Å²) in [5.74, 6) is -0.246. The Kier molecular flexibility index (Phi) is 4.91.